The van der Waals surface area contributed by atoms with E-state index >= 15 is 0 Å². The van der Waals surface area contributed by atoms with Gasteiger partial charge >= 0.3 is 0 Å². The van der Waals surface area contributed by atoms with Crippen molar-refractivity contribution in [2.75, 3.05) is 0 Å². The van der Waals surface area contributed by atoms with Crippen molar-refractivity contribution in [1.82, 2.24) is 19.7 Å². The van der Waals surface area contributed by atoms with Gasteiger partial charge < -0.3 is 4.98 Å². The molecule has 0 aliphatic carbocycles. The predicted molar refractivity (Wildman–Crippen MR) is 63.7 cm³/mol. The molecule has 0 aliphatic rings. The highest BCUT2D eigenvalue weighted by atomic mass is 16.1. The molecular weight excluding hydrogens is 216 g/mol. The van der Waals surface area contributed by atoms with Crippen LogP contribution in [0.25, 0.3) is 11.2 Å². The minimum absolute atomic E-state index is 0.211. The lowest BCUT2D eigenvalue weighted by molar-refractivity contribution is 0.704. The average molecular weight is 226 g/mol. The number of benzene rings is 1. The number of aromatic amines is 1. The third-order valence-electron chi connectivity index (χ3n) is 2.55. The number of hydrogen-bond donors (Lipinski definition) is 1. The van der Waals surface area contributed by atoms with Crippen LogP contribution in [0.2, 0.25) is 0 Å². The molecule has 0 spiro atoms. The van der Waals surface area contributed by atoms with Crippen LogP contribution in [0, 0.1) is 0 Å². The number of aromatic nitrogens is 4. The largest absolute Gasteiger partial charge is 0.317 e. The van der Waals surface area contributed by atoms with Crippen molar-refractivity contribution in [2.45, 2.75) is 6.54 Å². The zero-order valence-electron chi connectivity index (χ0n) is 9.00. The van der Waals surface area contributed by atoms with Crippen molar-refractivity contribution in [3.63, 3.8) is 0 Å². The highest BCUT2D eigenvalue weighted by molar-refractivity contribution is 5.68. The molecule has 2 aromatic heterocycles. The van der Waals surface area contributed by atoms with Crippen LogP contribution in [0.15, 0.2) is 47.5 Å². The number of nitrogens with zero attached hydrogens (tertiary/aromatic N) is 3. The van der Waals surface area contributed by atoms with Crippen LogP contribution >= 0.6 is 0 Å². The molecule has 0 saturated heterocycles. The van der Waals surface area contributed by atoms with Gasteiger partial charge in [-0.1, -0.05) is 30.3 Å². The first kappa shape index (κ1) is 9.77. The van der Waals surface area contributed by atoms with E-state index < -0.39 is 0 Å². The quantitative estimate of drug-likeness (QED) is 0.713. The van der Waals surface area contributed by atoms with Crippen LogP contribution in [0.3, 0.4) is 0 Å². The third-order valence-corrected chi connectivity index (χ3v) is 2.55. The lowest BCUT2D eigenvalue weighted by Gasteiger charge is -2.02. The molecule has 0 unspecified atom stereocenters. The molecule has 0 amide bonds. The summed E-state index contributed by atoms with van der Waals surface area (Å²) >= 11 is 0. The van der Waals surface area contributed by atoms with Gasteiger partial charge in [-0.3, -0.25) is 4.79 Å². The molecule has 3 aromatic rings. The minimum Gasteiger partial charge on any atom is -0.317 e. The van der Waals surface area contributed by atoms with Gasteiger partial charge in [-0.05, 0) is 5.56 Å². The molecule has 5 nitrogen and oxygen atoms in total. The number of fused-ring (bicyclic) bond motifs is 1. The number of rotatable bonds is 2. The zero-order chi connectivity index (χ0) is 11.7. The summed E-state index contributed by atoms with van der Waals surface area (Å²) < 4.78 is 1.76. The van der Waals surface area contributed by atoms with Gasteiger partial charge in [0.2, 0.25) is 0 Å². The lowest BCUT2D eigenvalue weighted by atomic mass is 10.2. The summed E-state index contributed by atoms with van der Waals surface area (Å²) in [6.07, 6.45) is 2.89. The SMILES string of the molecule is O=c1cnc2c(cnn2Cc2ccccc2)[nH]1. The molecule has 0 fully saturated rings. The summed E-state index contributed by atoms with van der Waals surface area (Å²) in [5.41, 5.74) is 2.28. The Labute approximate surface area is 96.7 Å². The van der Waals surface area contributed by atoms with Crippen LogP contribution in [-0.2, 0) is 6.54 Å². The smallest absolute Gasteiger partial charge is 0.267 e. The summed E-state index contributed by atoms with van der Waals surface area (Å²) in [4.78, 5) is 17.9. The number of hydrogen-bond acceptors (Lipinski definition) is 3. The molecule has 3 rings (SSSR count). The van der Waals surface area contributed by atoms with Gasteiger partial charge in [-0.25, -0.2) is 9.67 Å². The molecule has 1 aromatic carbocycles. The van der Waals surface area contributed by atoms with Crippen LogP contribution in [-0.4, -0.2) is 19.7 Å². The summed E-state index contributed by atoms with van der Waals surface area (Å²) in [5.74, 6) is 0. The summed E-state index contributed by atoms with van der Waals surface area (Å²) in [5, 5.41) is 4.22. The molecule has 0 saturated carbocycles. The maximum absolute atomic E-state index is 11.1. The second-order valence-corrected chi connectivity index (χ2v) is 3.77. The van der Waals surface area contributed by atoms with Gasteiger partial charge in [0.1, 0.15) is 5.52 Å². The van der Waals surface area contributed by atoms with E-state index in [1.165, 1.54) is 6.20 Å². The molecule has 1 N–H and O–H groups in total. The van der Waals surface area contributed by atoms with Crippen molar-refractivity contribution < 1.29 is 0 Å². The maximum atomic E-state index is 11.1. The van der Waals surface area contributed by atoms with Crippen molar-refractivity contribution in [3.05, 3.63) is 58.6 Å². The van der Waals surface area contributed by atoms with Gasteiger partial charge in [0, 0.05) is 0 Å². The number of nitrogens with one attached hydrogen (secondary N) is 1. The monoisotopic (exact) mass is 226 g/mol. The Morgan fingerprint density at radius 3 is 2.82 bits per heavy atom. The van der Waals surface area contributed by atoms with E-state index in [0.29, 0.717) is 17.7 Å². The molecule has 2 heterocycles. The topological polar surface area (TPSA) is 63.6 Å². The molecular formula is C12H10N4O. The molecule has 84 valence electrons. The van der Waals surface area contributed by atoms with Crippen molar-refractivity contribution in [2.24, 2.45) is 0 Å². The molecule has 0 radical (unpaired) electrons. The molecule has 17 heavy (non-hydrogen) atoms. The van der Waals surface area contributed by atoms with E-state index in [4.69, 9.17) is 0 Å². The van der Waals surface area contributed by atoms with E-state index in [1.807, 2.05) is 30.3 Å². The minimum atomic E-state index is -0.211. The fraction of sp³-hybridized carbons (Fsp3) is 0.0833. The first-order valence-electron chi connectivity index (χ1n) is 5.28. The number of H-pyrrole nitrogens is 1. The fourth-order valence-corrected chi connectivity index (χ4v) is 1.76. The van der Waals surface area contributed by atoms with Gasteiger partial charge in [-0.2, -0.15) is 5.10 Å². The van der Waals surface area contributed by atoms with Crippen LogP contribution in [0.4, 0.5) is 0 Å². The van der Waals surface area contributed by atoms with Gasteiger partial charge in [-0.15, -0.1) is 0 Å². The Balaban J connectivity index is 2.04. The van der Waals surface area contributed by atoms with Crippen molar-refractivity contribution in [1.29, 1.82) is 0 Å². The Bertz CT molecular complexity index is 699. The summed E-state index contributed by atoms with van der Waals surface area (Å²) in [6, 6.07) is 9.99. The van der Waals surface area contributed by atoms with E-state index in [-0.39, 0.29) is 5.56 Å². The highest BCUT2D eigenvalue weighted by Gasteiger charge is 2.04. The summed E-state index contributed by atoms with van der Waals surface area (Å²) in [6.45, 7) is 0.642. The average Bonchev–Trinajstić information content (AvgIpc) is 2.73. The van der Waals surface area contributed by atoms with Crippen molar-refractivity contribution in [3.8, 4) is 0 Å². The zero-order valence-corrected chi connectivity index (χ0v) is 9.00. The molecule has 0 aliphatic heterocycles. The van der Waals surface area contributed by atoms with Crippen LogP contribution in [0.5, 0.6) is 0 Å². The first-order valence-corrected chi connectivity index (χ1v) is 5.28. The first-order chi connectivity index (χ1) is 8.33. The fourth-order valence-electron chi connectivity index (χ4n) is 1.76. The van der Waals surface area contributed by atoms with E-state index in [9.17, 15) is 4.79 Å². The standard InChI is InChI=1S/C12H10N4O/c17-11-7-13-12-10(15-11)6-14-16(12)8-9-4-2-1-3-5-9/h1-7H,8H2,(H,15,17). The highest BCUT2D eigenvalue weighted by Crippen LogP contribution is 2.08. The van der Waals surface area contributed by atoms with Crippen LogP contribution < -0.4 is 5.56 Å². The Morgan fingerprint density at radius 2 is 2.00 bits per heavy atom. The molecule has 0 bridgehead atoms. The van der Waals surface area contributed by atoms with E-state index in [2.05, 4.69) is 15.1 Å². The predicted octanol–water partition coefficient (Wildman–Crippen LogP) is 1.17. The molecule has 0 atom stereocenters. The van der Waals surface area contributed by atoms with Gasteiger partial charge in [0.15, 0.2) is 5.65 Å². The van der Waals surface area contributed by atoms with Gasteiger partial charge in [0.05, 0.1) is 18.9 Å². The second kappa shape index (κ2) is 3.86. The summed E-state index contributed by atoms with van der Waals surface area (Å²) in [7, 11) is 0. The van der Waals surface area contributed by atoms with Gasteiger partial charge in [0.25, 0.3) is 5.56 Å². The second-order valence-electron chi connectivity index (χ2n) is 3.77. The van der Waals surface area contributed by atoms with E-state index in [0.717, 1.165) is 5.56 Å². The third kappa shape index (κ3) is 1.82. The maximum Gasteiger partial charge on any atom is 0.267 e. The lowest BCUT2D eigenvalue weighted by Crippen LogP contribution is -2.07. The van der Waals surface area contributed by atoms with E-state index in [1.54, 1.807) is 10.9 Å². The van der Waals surface area contributed by atoms with Crippen LogP contribution in [0.1, 0.15) is 5.56 Å². The Kier molecular flexibility index (Phi) is 2.22. The normalized spacial score (nSPS) is 10.8. The Morgan fingerprint density at radius 1 is 1.18 bits per heavy atom. The Hall–Kier alpha value is -2.43. The molecule has 5 heteroatoms. The van der Waals surface area contributed by atoms with Crippen molar-refractivity contribution >= 4 is 11.2 Å².